The number of carbonyl (C=O) groups is 5. The Labute approximate surface area is 219 Å². The van der Waals surface area contributed by atoms with Gasteiger partial charge in [-0.15, -0.1) is 23.1 Å². The van der Waals surface area contributed by atoms with E-state index in [-0.39, 0.29) is 30.4 Å². The van der Waals surface area contributed by atoms with Gasteiger partial charge in [0.15, 0.2) is 12.4 Å². The zero-order chi connectivity index (χ0) is 25.8. The summed E-state index contributed by atoms with van der Waals surface area (Å²) in [5.74, 6) is -2.39. The standard InChI is InChI=1S/C24H21ClN2O7S2/c1-13(28)33-10-15-12-36-23-20(26-19(30)9-17-3-2-8-35-17)22(31)27(23)21(15)24(32)34-11-18(29)14-4-6-16(25)7-5-14/h2-8,20,23H,9-12H2,1H3,(H,26,30)/t20-,23-/m1/s1. The Morgan fingerprint density at radius 1 is 1.14 bits per heavy atom. The average molecular weight is 549 g/mol. The summed E-state index contributed by atoms with van der Waals surface area (Å²) in [7, 11) is 0. The first kappa shape index (κ1) is 25.9. The molecule has 1 N–H and O–H groups in total. The molecule has 2 aliphatic heterocycles. The minimum absolute atomic E-state index is 0.0716. The van der Waals surface area contributed by atoms with Crippen LogP contribution in [-0.2, 0) is 35.1 Å². The van der Waals surface area contributed by atoms with Crippen molar-refractivity contribution in [2.45, 2.75) is 24.8 Å². The van der Waals surface area contributed by atoms with Crippen molar-refractivity contribution in [2.24, 2.45) is 0 Å². The van der Waals surface area contributed by atoms with Gasteiger partial charge in [-0.1, -0.05) is 17.7 Å². The van der Waals surface area contributed by atoms with Gasteiger partial charge in [-0.2, -0.15) is 0 Å². The smallest absolute Gasteiger partial charge is 0.355 e. The third kappa shape index (κ3) is 5.80. The number of nitrogens with zero attached hydrogens (tertiary/aromatic N) is 1. The van der Waals surface area contributed by atoms with Gasteiger partial charge in [0.05, 0.1) is 6.42 Å². The molecular weight excluding hydrogens is 528 g/mol. The largest absolute Gasteiger partial charge is 0.461 e. The van der Waals surface area contributed by atoms with Gasteiger partial charge in [0.25, 0.3) is 5.91 Å². The van der Waals surface area contributed by atoms with E-state index in [1.54, 1.807) is 12.1 Å². The molecule has 2 amide bonds. The molecule has 9 nitrogen and oxygen atoms in total. The predicted molar refractivity (Wildman–Crippen MR) is 133 cm³/mol. The summed E-state index contributed by atoms with van der Waals surface area (Å²) in [5, 5.41) is 4.53. The van der Waals surface area contributed by atoms with Crippen molar-refractivity contribution in [2.75, 3.05) is 19.0 Å². The molecular formula is C24H21ClN2O7S2. The second-order valence-corrected chi connectivity index (χ2v) is 10.5. The molecule has 0 unspecified atom stereocenters. The maximum absolute atomic E-state index is 13.0. The van der Waals surface area contributed by atoms with E-state index in [0.717, 1.165) is 4.88 Å². The predicted octanol–water partition coefficient (Wildman–Crippen LogP) is 2.59. The number of hydrogen-bond acceptors (Lipinski definition) is 9. The molecule has 4 rings (SSSR count). The molecule has 0 spiro atoms. The molecule has 1 saturated heterocycles. The number of rotatable bonds is 9. The van der Waals surface area contributed by atoms with E-state index < -0.39 is 41.7 Å². The van der Waals surface area contributed by atoms with Crippen molar-refractivity contribution < 1.29 is 33.4 Å². The molecule has 12 heteroatoms. The van der Waals surface area contributed by atoms with Crippen LogP contribution in [0.15, 0.2) is 53.0 Å². The number of thioether (sulfide) groups is 1. The first-order valence-electron chi connectivity index (χ1n) is 10.8. The number of carbonyl (C=O) groups excluding carboxylic acids is 5. The minimum Gasteiger partial charge on any atom is -0.461 e. The molecule has 1 fully saturated rings. The Morgan fingerprint density at radius 3 is 2.56 bits per heavy atom. The Kier molecular flexibility index (Phi) is 8.12. The number of thiophene rings is 1. The number of Topliss-reactive ketones (excluding diaryl/α,β-unsaturated/α-hetero) is 1. The van der Waals surface area contributed by atoms with Crippen LogP contribution in [0.3, 0.4) is 0 Å². The van der Waals surface area contributed by atoms with Crippen LogP contribution in [0.1, 0.15) is 22.2 Å². The van der Waals surface area contributed by atoms with Crippen LogP contribution in [0.25, 0.3) is 0 Å². The first-order chi connectivity index (χ1) is 17.2. The third-order valence-electron chi connectivity index (χ3n) is 5.42. The molecule has 0 saturated carbocycles. The second-order valence-electron chi connectivity index (χ2n) is 7.95. The first-order valence-corrected chi connectivity index (χ1v) is 13.1. The molecule has 1 aromatic heterocycles. The number of esters is 2. The summed E-state index contributed by atoms with van der Waals surface area (Å²) in [6.07, 6.45) is 0.147. The Morgan fingerprint density at radius 2 is 1.89 bits per heavy atom. The molecule has 36 heavy (non-hydrogen) atoms. The van der Waals surface area contributed by atoms with Gasteiger partial charge in [0.2, 0.25) is 5.91 Å². The van der Waals surface area contributed by atoms with Gasteiger partial charge in [0, 0.05) is 33.7 Å². The summed E-state index contributed by atoms with van der Waals surface area (Å²) in [4.78, 5) is 64.3. The van der Waals surface area contributed by atoms with Crippen molar-refractivity contribution in [3.63, 3.8) is 0 Å². The minimum atomic E-state index is -0.888. The van der Waals surface area contributed by atoms with E-state index in [0.29, 0.717) is 16.2 Å². The molecule has 0 aliphatic carbocycles. The van der Waals surface area contributed by atoms with Gasteiger partial charge in [-0.3, -0.25) is 24.1 Å². The number of benzene rings is 1. The second kappa shape index (κ2) is 11.3. The Bertz CT molecular complexity index is 1230. The summed E-state index contributed by atoms with van der Waals surface area (Å²) < 4.78 is 10.3. The van der Waals surface area contributed by atoms with E-state index in [1.807, 2.05) is 17.5 Å². The zero-order valence-electron chi connectivity index (χ0n) is 19.0. The van der Waals surface area contributed by atoms with Crippen molar-refractivity contribution in [1.29, 1.82) is 0 Å². The summed E-state index contributed by atoms with van der Waals surface area (Å²) in [6.45, 7) is 0.478. The monoisotopic (exact) mass is 548 g/mol. The molecule has 0 radical (unpaired) electrons. The Hall–Kier alpha value is -3.15. The van der Waals surface area contributed by atoms with Gasteiger partial charge < -0.3 is 14.8 Å². The summed E-state index contributed by atoms with van der Waals surface area (Å²) >= 11 is 8.61. The van der Waals surface area contributed by atoms with Gasteiger partial charge in [-0.25, -0.2) is 4.79 Å². The van der Waals surface area contributed by atoms with Crippen LogP contribution in [0.2, 0.25) is 5.02 Å². The topological polar surface area (TPSA) is 119 Å². The lowest BCUT2D eigenvalue weighted by Crippen LogP contribution is -2.70. The summed E-state index contributed by atoms with van der Waals surface area (Å²) in [6, 6.07) is 8.98. The molecule has 188 valence electrons. The number of β-lactam (4-membered cyclic amide) rings is 1. The van der Waals surface area contributed by atoms with E-state index in [9.17, 15) is 24.0 Å². The van der Waals surface area contributed by atoms with E-state index in [2.05, 4.69) is 5.32 Å². The van der Waals surface area contributed by atoms with Crippen LogP contribution < -0.4 is 5.32 Å². The molecule has 0 bridgehead atoms. The van der Waals surface area contributed by atoms with Crippen LogP contribution in [0.4, 0.5) is 0 Å². The number of fused-ring (bicyclic) bond motifs is 1. The molecule has 2 atom stereocenters. The fraction of sp³-hybridized carbons (Fsp3) is 0.292. The van der Waals surface area contributed by atoms with E-state index in [4.69, 9.17) is 21.1 Å². The lowest BCUT2D eigenvalue weighted by molar-refractivity contribution is -0.152. The van der Waals surface area contributed by atoms with E-state index >= 15 is 0 Å². The van der Waals surface area contributed by atoms with Crippen molar-refractivity contribution in [3.8, 4) is 0 Å². The number of halogens is 1. The highest BCUT2D eigenvalue weighted by molar-refractivity contribution is 8.00. The van der Waals surface area contributed by atoms with Crippen LogP contribution in [0, 0.1) is 0 Å². The van der Waals surface area contributed by atoms with E-state index in [1.165, 1.54) is 47.1 Å². The maximum atomic E-state index is 13.0. The molecule has 2 aromatic rings. The number of hydrogen-bond donors (Lipinski definition) is 1. The van der Waals surface area contributed by atoms with Crippen LogP contribution in [0.5, 0.6) is 0 Å². The van der Waals surface area contributed by atoms with Gasteiger partial charge in [-0.05, 0) is 35.7 Å². The highest BCUT2D eigenvalue weighted by atomic mass is 35.5. The lowest BCUT2D eigenvalue weighted by atomic mass is 10.0. The normalized spacial score (nSPS) is 18.7. The number of ether oxygens (including phenoxy) is 2. The van der Waals surface area contributed by atoms with Crippen LogP contribution >= 0.6 is 34.7 Å². The number of nitrogens with one attached hydrogen (secondary N) is 1. The number of amides is 2. The average Bonchev–Trinajstić information content (AvgIpc) is 3.37. The van der Waals surface area contributed by atoms with Crippen molar-refractivity contribution in [1.82, 2.24) is 10.2 Å². The SMILES string of the molecule is CC(=O)OCC1=C(C(=O)OCC(=O)c2ccc(Cl)cc2)N2C(=O)[C@@H](NC(=O)Cc3cccs3)[C@H]2SC1. The molecule has 1 aromatic carbocycles. The zero-order valence-corrected chi connectivity index (χ0v) is 21.4. The highest BCUT2D eigenvalue weighted by Gasteiger charge is 2.54. The lowest BCUT2D eigenvalue weighted by Gasteiger charge is -2.49. The quantitative estimate of drug-likeness (QED) is 0.288. The fourth-order valence-electron chi connectivity index (χ4n) is 3.69. The van der Waals surface area contributed by atoms with Crippen molar-refractivity contribution in [3.05, 3.63) is 68.5 Å². The van der Waals surface area contributed by atoms with Crippen molar-refractivity contribution >= 4 is 64.2 Å². The van der Waals surface area contributed by atoms with Gasteiger partial charge >= 0.3 is 11.9 Å². The number of ketones is 1. The highest BCUT2D eigenvalue weighted by Crippen LogP contribution is 2.40. The molecule has 3 heterocycles. The Balaban J connectivity index is 1.46. The fourth-order valence-corrected chi connectivity index (χ4v) is 5.84. The molecule has 2 aliphatic rings. The summed E-state index contributed by atoms with van der Waals surface area (Å²) in [5.41, 5.74) is 0.622. The maximum Gasteiger partial charge on any atom is 0.355 e. The van der Waals surface area contributed by atoms with Crippen LogP contribution in [-0.4, -0.2) is 64.8 Å². The van der Waals surface area contributed by atoms with Gasteiger partial charge in [0.1, 0.15) is 23.7 Å². The third-order valence-corrected chi connectivity index (χ3v) is 7.89.